The molecule has 17 heavy (non-hydrogen) atoms. The molecule has 1 aliphatic heterocycles. The van der Waals surface area contributed by atoms with Crippen LogP contribution in [0.3, 0.4) is 0 Å². The highest BCUT2D eigenvalue weighted by molar-refractivity contribution is 5.41. The van der Waals surface area contributed by atoms with Crippen molar-refractivity contribution < 1.29 is 9.47 Å². The van der Waals surface area contributed by atoms with Crippen LogP contribution in [0.4, 0.5) is 5.69 Å². The predicted octanol–water partition coefficient (Wildman–Crippen LogP) is 2.71. The van der Waals surface area contributed by atoms with Crippen molar-refractivity contribution in [2.75, 3.05) is 25.6 Å². The first-order valence-corrected chi connectivity index (χ1v) is 6.18. The van der Waals surface area contributed by atoms with E-state index < -0.39 is 0 Å². The molecule has 94 valence electrons. The summed E-state index contributed by atoms with van der Waals surface area (Å²) in [6.07, 6.45) is 1.05. The average Bonchev–Trinajstić information content (AvgIpc) is 2.24. The first kappa shape index (κ1) is 12.2. The lowest BCUT2D eigenvalue weighted by Crippen LogP contribution is -2.47. The Labute approximate surface area is 103 Å². The predicted molar refractivity (Wildman–Crippen MR) is 69.1 cm³/mol. The van der Waals surface area contributed by atoms with Crippen LogP contribution in [0.5, 0.6) is 5.75 Å². The fourth-order valence-electron chi connectivity index (χ4n) is 2.07. The molecule has 0 spiro atoms. The average molecular weight is 235 g/mol. The number of hydrogen-bond acceptors (Lipinski definition) is 3. The third-order valence-corrected chi connectivity index (χ3v) is 3.75. The second kappa shape index (κ2) is 4.96. The maximum Gasteiger partial charge on any atom is 0.119 e. The molecule has 0 atom stereocenters. The van der Waals surface area contributed by atoms with Crippen LogP contribution in [0, 0.1) is 11.3 Å². The van der Waals surface area contributed by atoms with Crippen molar-refractivity contribution in [1.29, 1.82) is 0 Å². The molecule has 3 heteroatoms. The first-order valence-electron chi connectivity index (χ1n) is 6.18. The van der Waals surface area contributed by atoms with Crippen molar-refractivity contribution in [2.24, 2.45) is 11.3 Å². The van der Waals surface area contributed by atoms with E-state index in [1.54, 1.807) is 0 Å². The molecule has 1 aromatic rings. The minimum Gasteiger partial charge on any atom is -0.494 e. The summed E-state index contributed by atoms with van der Waals surface area (Å²) in [5.74, 6) is 1.53. The van der Waals surface area contributed by atoms with E-state index in [2.05, 4.69) is 13.8 Å². The Morgan fingerprint density at radius 3 is 2.41 bits per heavy atom. The van der Waals surface area contributed by atoms with E-state index in [9.17, 15) is 0 Å². The molecule has 2 N–H and O–H groups in total. The van der Waals surface area contributed by atoms with Crippen LogP contribution in [-0.2, 0) is 4.74 Å². The molecule has 1 heterocycles. The zero-order valence-corrected chi connectivity index (χ0v) is 10.6. The molecule has 0 aromatic heterocycles. The normalized spacial score (nSPS) is 17.8. The standard InChI is InChI=1S/C14H21NO2/c1-11(2)14(9-16-10-14)7-8-17-13-5-3-12(15)4-6-13/h3-6,11H,7-10,15H2,1-2H3. The summed E-state index contributed by atoms with van der Waals surface area (Å²) in [6, 6.07) is 7.54. The van der Waals surface area contributed by atoms with Gasteiger partial charge < -0.3 is 15.2 Å². The number of benzene rings is 1. The lowest BCUT2D eigenvalue weighted by molar-refractivity contribution is -0.146. The molecule has 3 nitrogen and oxygen atoms in total. The van der Waals surface area contributed by atoms with Gasteiger partial charge in [-0.1, -0.05) is 13.8 Å². The van der Waals surface area contributed by atoms with Crippen LogP contribution in [0.25, 0.3) is 0 Å². The van der Waals surface area contributed by atoms with Gasteiger partial charge in [-0.3, -0.25) is 0 Å². The summed E-state index contributed by atoms with van der Waals surface area (Å²) in [5, 5.41) is 0. The van der Waals surface area contributed by atoms with Crippen LogP contribution in [0.1, 0.15) is 20.3 Å². The van der Waals surface area contributed by atoms with Gasteiger partial charge in [-0.2, -0.15) is 0 Å². The van der Waals surface area contributed by atoms with E-state index in [1.807, 2.05) is 24.3 Å². The summed E-state index contributed by atoms with van der Waals surface area (Å²) in [4.78, 5) is 0. The van der Waals surface area contributed by atoms with Gasteiger partial charge in [0.15, 0.2) is 0 Å². The van der Waals surface area contributed by atoms with Crippen molar-refractivity contribution >= 4 is 5.69 Å². The summed E-state index contributed by atoms with van der Waals surface area (Å²) in [6.45, 7) is 6.99. The van der Waals surface area contributed by atoms with Gasteiger partial charge in [-0.25, -0.2) is 0 Å². The smallest absolute Gasteiger partial charge is 0.119 e. The second-order valence-electron chi connectivity index (χ2n) is 5.18. The second-order valence-corrected chi connectivity index (χ2v) is 5.18. The molecule has 0 amide bonds. The molecule has 1 saturated heterocycles. The molecule has 1 aliphatic rings. The fraction of sp³-hybridized carbons (Fsp3) is 0.571. The summed E-state index contributed by atoms with van der Waals surface area (Å²) >= 11 is 0. The molecule has 1 aromatic carbocycles. The number of rotatable bonds is 5. The lowest BCUT2D eigenvalue weighted by Gasteiger charge is -2.45. The molecule has 0 unspecified atom stereocenters. The largest absolute Gasteiger partial charge is 0.494 e. The molecular formula is C14H21NO2. The van der Waals surface area contributed by atoms with Crippen LogP contribution in [-0.4, -0.2) is 19.8 Å². The number of nitrogens with two attached hydrogens (primary N) is 1. The van der Waals surface area contributed by atoms with E-state index in [4.69, 9.17) is 15.2 Å². The van der Waals surface area contributed by atoms with Crippen molar-refractivity contribution in [3.63, 3.8) is 0 Å². The Hall–Kier alpha value is -1.22. The van der Waals surface area contributed by atoms with Crippen molar-refractivity contribution in [2.45, 2.75) is 20.3 Å². The molecule has 0 radical (unpaired) electrons. The zero-order valence-electron chi connectivity index (χ0n) is 10.6. The van der Waals surface area contributed by atoms with Gasteiger partial charge in [0.2, 0.25) is 0 Å². The molecule has 2 rings (SSSR count). The number of ether oxygens (including phenoxy) is 2. The summed E-state index contributed by atoms with van der Waals surface area (Å²) in [7, 11) is 0. The topological polar surface area (TPSA) is 44.5 Å². The van der Waals surface area contributed by atoms with Gasteiger partial charge in [0.05, 0.1) is 19.8 Å². The highest BCUT2D eigenvalue weighted by Crippen LogP contribution is 2.39. The minimum atomic E-state index is 0.327. The molecule has 0 saturated carbocycles. The van der Waals surface area contributed by atoms with Gasteiger partial charge in [0, 0.05) is 11.1 Å². The highest BCUT2D eigenvalue weighted by Gasteiger charge is 2.41. The van der Waals surface area contributed by atoms with E-state index in [0.717, 1.165) is 37.7 Å². The molecule has 0 bridgehead atoms. The Kier molecular flexibility index (Phi) is 3.57. The van der Waals surface area contributed by atoms with E-state index in [0.29, 0.717) is 11.3 Å². The maximum absolute atomic E-state index is 5.73. The van der Waals surface area contributed by atoms with E-state index in [-0.39, 0.29) is 0 Å². The van der Waals surface area contributed by atoms with Crippen molar-refractivity contribution in [3.8, 4) is 5.75 Å². The van der Waals surface area contributed by atoms with Crippen LogP contribution in [0.2, 0.25) is 0 Å². The van der Waals surface area contributed by atoms with Crippen molar-refractivity contribution in [1.82, 2.24) is 0 Å². The van der Waals surface area contributed by atoms with Gasteiger partial charge in [0.1, 0.15) is 5.75 Å². The van der Waals surface area contributed by atoms with Crippen LogP contribution < -0.4 is 10.5 Å². The van der Waals surface area contributed by atoms with E-state index >= 15 is 0 Å². The fourth-order valence-corrected chi connectivity index (χ4v) is 2.07. The SMILES string of the molecule is CC(C)C1(CCOc2ccc(N)cc2)COC1. The monoisotopic (exact) mass is 235 g/mol. The minimum absolute atomic E-state index is 0.327. The van der Waals surface area contributed by atoms with Gasteiger partial charge in [0.25, 0.3) is 0 Å². The van der Waals surface area contributed by atoms with Crippen LogP contribution >= 0.6 is 0 Å². The zero-order chi connectivity index (χ0) is 12.3. The molecule has 0 aliphatic carbocycles. The lowest BCUT2D eigenvalue weighted by atomic mass is 9.73. The van der Waals surface area contributed by atoms with Crippen LogP contribution in [0.15, 0.2) is 24.3 Å². The summed E-state index contributed by atoms with van der Waals surface area (Å²) < 4.78 is 11.1. The third-order valence-electron chi connectivity index (χ3n) is 3.75. The first-order chi connectivity index (χ1) is 8.12. The van der Waals surface area contributed by atoms with Crippen molar-refractivity contribution in [3.05, 3.63) is 24.3 Å². The molecule has 1 fully saturated rings. The Morgan fingerprint density at radius 2 is 1.94 bits per heavy atom. The number of hydrogen-bond donors (Lipinski definition) is 1. The number of anilines is 1. The van der Waals surface area contributed by atoms with Gasteiger partial charge >= 0.3 is 0 Å². The summed E-state index contributed by atoms with van der Waals surface area (Å²) in [5.41, 5.74) is 6.72. The van der Waals surface area contributed by atoms with Gasteiger partial charge in [-0.05, 0) is 36.6 Å². The third kappa shape index (κ3) is 2.72. The Morgan fingerprint density at radius 1 is 1.29 bits per heavy atom. The maximum atomic E-state index is 5.73. The highest BCUT2D eigenvalue weighted by atomic mass is 16.5. The number of nitrogen functional groups attached to an aromatic ring is 1. The van der Waals surface area contributed by atoms with Gasteiger partial charge in [-0.15, -0.1) is 0 Å². The quantitative estimate of drug-likeness (QED) is 0.798. The Balaban J connectivity index is 1.81. The Bertz CT molecular complexity index is 355. The molecular weight excluding hydrogens is 214 g/mol. The van der Waals surface area contributed by atoms with E-state index in [1.165, 1.54) is 0 Å².